The highest BCUT2D eigenvalue weighted by Gasteiger charge is 2.32. The predicted octanol–water partition coefficient (Wildman–Crippen LogP) is 2.98. The van der Waals surface area contributed by atoms with Crippen molar-refractivity contribution in [3.8, 4) is 11.4 Å². The quantitative estimate of drug-likeness (QED) is 0.677. The molecule has 1 N–H and O–H groups in total. The molecule has 1 heterocycles. The Hall–Kier alpha value is -2.17. The summed E-state index contributed by atoms with van der Waals surface area (Å²) in [5.74, 6) is 0.757. The number of benzene rings is 1. The average molecular weight is 259 g/mol. The van der Waals surface area contributed by atoms with Gasteiger partial charge in [-0.2, -0.15) is 0 Å². The summed E-state index contributed by atoms with van der Waals surface area (Å²) in [5, 5.41) is 11.0. The van der Waals surface area contributed by atoms with Crippen LogP contribution in [0.2, 0.25) is 0 Å². The van der Waals surface area contributed by atoms with Crippen molar-refractivity contribution in [1.82, 2.24) is 9.97 Å². The zero-order valence-corrected chi connectivity index (χ0v) is 11.3. The molecule has 0 saturated carbocycles. The second-order valence-corrected chi connectivity index (χ2v) is 5.27. The Morgan fingerprint density at radius 3 is 2.53 bits per heavy atom. The Balaban J connectivity index is 2.30. The molecule has 0 atom stereocenters. The first-order valence-electron chi connectivity index (χ1n) is 6.15. The Bertz CT molecular complexity index is 588. The van der Waals surface area contributed by atoms with Crippen LogP contribution < -0.4 is 0 Å². The van der Waals surface area contributed by atoms with E-state index in [1.54, 1.807) is 13.8 Å². The van der Waals surface area contributed by atoms with Crippen molar-refractivity contribution in [3.63, 3.8) is 0 Å². The number of nitrogens with zero attached hydrogens (tertiary/aromatic N) is 2. The fraction of sp³-hybridized carbons (Fsp3) is 0.357. The first-order valence-corrected chi connectivity index (χ1v) is 6.15. The normalized spacial score (nSPS) is 11.5. The zero-order valence-electron chi connectivity index (χ0n) is 11.3. The largest absolute Gasteiger partial charge is 0.342 e. The van der Waals surface area contributed by atoms with Crippen LogP contribution in [-0.2, 0) is 6.42 Å². The highest BCUT2D eigenvalue weighted by Crippen LogP contribution is 2.22. The van der Waals surface area contributed by atoms with E-state index >= 15 is 0 Å². The molecule has 100 valence electrons. The van der Waals surface area contributed by atoms with Gasteiger partial charge in [-0.15, -0.1) is 0 Å². The van der Waals surface area contributed by atoms with Gasteiger partial charge in [0.25, 0.3) is 0 Å². The lowest BCUT2D eigenvalue weighted by atomic mass is 9.99. The molecule has 1 aromatic heterocycles. The van der Waals surface area contributed by atoms with Crippen LogP contribution in [0.15, 0.2) is 30.3 Å². The topological polar surface area (TPSA) is 71.8 Å². The van der Waals surface area contributed by atoms with Gasteiger partial charge in [-0.25, -0.2) is 4.98 Å². The summed E-state index contributed by atoms with van der Waals surface area (Å²) in [6.45, 7) is 5.12. The Kier molecular flexibility index (Phi) is 3.38. The molecule has 0 aliphatic rings. The molecule has 0 radical (unpaired) electrons. The van der Waals surface area contributed by atoms with Gasteiger partial charge in [0.1, 0.15) is 5.82 Å². The highest BCUT2D eigenvalue weighted by atomic mass is 16.6. The van der Waals surface area contributed by atoms with Crippen molar-refractivity contribution in [3.05, 3.63) is 51.8 Å². The van der Waals surface area contributed by atoms with Crippen molar-refractivity contribution in [1.29, 1.82) is 0 Å². The van der Waals surface area contributed by atoms with Gasteiger partial charge in [0.05, 0.1) is 12.1 Å². The van der Waals surface area contributed by atoms with Crippen LogP contribution in [0.1, 0.15) is 25.2 Å². The van der Waals surface area contributed by atoms with Crippen LogP contribution in [0.25, 0.3) is 11.4 Å². The molecule has 0 aliphatic heterocycles. The molecule has 19 heavy (non-hydrogen) atoms. The lowest BCUT2D eigenvalue weighted by Crippen LogP contribution is -2.33. The fourth-order valence-corrected chi connectivity index (χ4v) is 1.88. The summed E-state index contributed by atoms with van der Waals surface area (Å²) < 4.78 is 0. The van der Waals surface area contributed by atoms with E-state index in [0.717, 1.165) is 22.8 Å². The van der Waals surface area contributed by atoms with Crippen molar-refractivity contribution in [2.24, 2.45) is 0 Å². The summed E-state index contributed by atoms with van der Waals surface area (Å²) in [7, 11) is 0. The number of nitro groups is 1. The highest BCUT2D eigenvalue weighted by molar-refractivity contribution is 5.55. The predicted molar refractivity (Wildman–Crippen MR) is 73.5 cm³/mol. The van der Waals surface area contributed by atoms with E-state index in [1.807, 2.05) is 37.3 Å². The van der Waals surface area contributed by atoms with Crippen LogP contribution in [0.3, 0.4) is 0 Å². The average Bonchev–Trinajstić information content (AvgIpc) is 2.71. The molecular formula is C14H17N3O2. The lowest BCUT2D eigenvalue weighted by Gasteiger charge is -2.14. The zero-order chi connectivity index (χ0) is 14.0. The number of aromatic amines is 1. The minimum atomic E-state index is -1.01. The minimum Gasteiger partial charge on any atom is -0.342 e. The molecular weight excluding hydrogens is 242 g/mol. The number of hydrogen-bond donors (Lipinski definition) is 1. The molecule has 0 fully saturated rings. The first-order chi connectivity index (χ1) is 8.90. The number of aromatic nitrogens is 2. The molecule has 2 rings (SSSR count). The van der Waals surface area contributed by atoms with Crippen molar-refractivity contribution in [2.45, 2.75) is 32.7 Å². The van der Waals surface area contributed by atoms with Gasteiger partial charge in [0.2, 0.25) is 5.54 Å². The number of hydrogen-bond acceptors (Lipinski definition) is 3. The molecule has 5 heteroatoms. The van der Waals surface area contributed by atoms with Gasteiger partial charge in [-0.3, -0.25) is 10.1 Å². The third-order valence-electron chi connectivity index (χ3n) is 3.13. The van der Waals surface area contributed by atoms with Crippen LogP contribution in [0.4, 0.5) is 0 Å². The number of rotatable bonds is 4. The van der Waals surface area contributed by atoms with Crippen molar-refractivity contribution >= 4 is 0 Å². The van der Waals surface area contributed by atoms with Gasteiger partial charge in [-0.1, -0.05) is 30.3 Å². The third kappa shape index (κ3) is 2.81. The smallest absolute Gasteiger partial charge is 0.222 e. The Morgan fingerprint density at radius 1 is 1.32 bits per heavy atom. The lowest BCUT2D eigenvalue weighted by molar-refractivity contribution is -0.560. The van der Waals surface area contributed by atoms with Gasteiger partial charge in [0.15, 0.2) is 0 Å². The molecule has 0 amide bonds. The van der Waals surface area contributed by atoms with Crippen LogP contribution in [-0.4, -0.2) is 20.4 Å². The molecule has 0 bridgehead atoms. The minimum absolute atomic E-state index is 0.261. The van der Waals surface area contributed by atoms with Gasteiger partial charge < -0.3 is 4.98 Å². The second kappa shape index (κ2) is 4.84. The van der Waals surface area contributed by atoms with Crippen LogP contribution in [0.5, 0.6) is 0 Å². The van der Waals surface area contributed by atoms with E-state index in [1.165, 1.54) is 0 Å². The van der Waals surface area contributed by atoms with E-state index in [4.69, 9.17) is 0 Å². The maximum atomic E-state index is 11.0. The van der Waals surface area contributed by atoms with Gasteiger partial charge in [-0.05, 0) is 6.92 Å². The molecule has 0 unspecified atom stereocenters. The van der Waals surface area contributed by atoms with Gasteiger partial charge in [0, 0.05) is 30.0 Å². The van der Waals surface area contributed by atoms with E-state index in [9.17, 15) is 10.1 Å². The standard InChI is InChI=1S/C14H17N3O2/c1-10-12(9-14(2,3)17(18)19)16-13(15-10)11-7-5-4-6-8-11/h4-8H,9H2,1-3H3,(H,15,16). The van der Waals surface area contributed by atoms with Crippen molar-refractivity contribution < 1.29 is 4.92 Å². The number of imidazole rings is 1. The molecule has 0 saturated heterocycles. The van der Waals surface area contributed by atoms with E-state index in [-0.39, 0.29) is 4.92 Å². The Morgan fingerprint density at radius 2 is 1.95 bits per heavy atom. The second-order valence-electron chi connectivity index (χ2n) is 5.27. The molecule has 0 aliphatic carbocycles. The first kappa shape index (κ1) is 13.3. The third-order valence-corrected chi connectivity index (χ3v) is 3.13. The molecule has 0 spiro atoms. The van der Waals surface area contributed by atoms with Crippen LogP contribution >= 0.6 is 0 Å². The number of H-pyrrole nitrogens is 1. The SMILES string of the molecule is Cc1[nH]c(-c2ccccc2)nc1CC(C)(C)[N+](=O)[O-]. The monoisotopic (exact) mass is 259 g/mol. The summed E-state index contributed by atoms with van der Waals surface area (Å²) in [4.78, 5) is 18.4. The summed E-state index contributed by atoms with van der Waals surface area (Å²) in [6.07, 6.45) is 0.315. The van der Waals surface area contributed by atoms with E-state index in [2.05, 4.69) is 9.97 Å². The van der Waals surface area contributed by atoms with Crippen LogP contribution in [0, 0.1) is 17.0 Å². The fourth-order valence-electron chi connectivity index (χ4n) is 1.88. The van der Waals surface area contributed by atoms with Gasteiger partial charge >= 0.3 is 0 Å². The molecule has 5 nitrogen and oxygen atoms in total. The van der Waals surface area contributed by atoms with Crippen molar-refractivity contribution in [2.75, 3.05) is 0 Å². The number of nitrogens with one attached hydrogen (secondary N) is 1. The van der Waals surface area contributed by atoms with E-state index in [0.29, 0.717) is 6.42 Å². The maximum absolute atomic E-state index is 11.0. The Labute approximate surface area is 111 Å². The summed E-state index contributed by atoms with van der Waals surface area (Å²) in [6, 6.07) is 9.74. The summed E-state index contributed by atoms with van der Waals surface area (Å²) in [5.41, 5.74) is 1.61. The molecule has 1 aromatic carbocycles. The molecule has 2 aromatic rings. The maximum Gasteiger partial charge on any atom is 0.222 e. The number of aryl methyl sites for hydroxylation is 1. The van der Waals surface area contributed by atoms with E-state index < -0.39 is 5.54 Å². The summed E-state index contributed by atoms with van der Waals surface area (Å²) >= 11 is 0.